The lowest BCUT2D eigenvalue weighted by molar-refractivity contribution is 0.0787. The topological polar surface area (TPSA) is 38.8 Å². The van der Waals surface area contributed by atoms with Crippen LogP contribution in [0.15, 0.2) is 48.5 Å². The Bertz CT molecular complexity index is 681. The second-order valence-electron chi connectivity index (χ2n) is 5.71. The SMILES string of the molecule is COc1ccc([C@H]2CCN(C(=O)c3ccccc3OC)C2)cc1. The number of hydrogen-bond donors (Lipinski definition) is 0. The zero-order valence-electron chi connectivity index (χ0n) is 13.5. The number of rotatable bonds is 4. The van der Waals surface area contributed by atoms with Gasteiger partial charge in [-0.3, -0.25) is 4.79 Å². The van der Waals surface area contributed by atoms with E-state index in [0.717, 1.165) is 25.3 Å². The van der Waals surface area contributed by atoms with Crippen molar-refractivity contribution >= 4 is 5.91 Å². The van der Waals surface area contributed by atoms with E-state index in [1.807, 2.05) is 41.3 Å². The van der Waals surface area contributed by atoms with Crippen molar-refractivity contribution in [2.75, 3.05) is 27.3 Å². The number of carbonyl (C=O) groups is 1. The van der Waals surface area contributed by atoms with Crippen LogP contribution in [-0.4, -0.2) is 38.1 Å². The summed E-state index contributed by atoms with van der Waals surface area (Å²) in [6.45, 7) is 1.51. The zero-order chi connectivity index (χ0) is 16.2. The molecule has 3 rings (SSSR count). The molecule has 1 fully saturated rings. The summed E-state index contributed by atoms with van der Waals surface area (Å²) in [6, 6.07) is 15.5. The Morgan fingerprint density at radius 1 is 1.04 bits per heavy atom. The van der Waals surface area contributed by atoms with Crippen LogP contribution in [-0.2, 0) is 0 Å². The van der Waals surface area contributed by atoms with Crippen LogP contribution in [0.4, 0.5) is 0 Å². The van der Waals surface area contributed by atoms with Crippen molar-refractivity contribution in [3.63, 3.8) is 0 Å². The molecule has 0 N–H and O–H groups in total. The van der Waals surface area contributed by atoms with Gasteiger partial charge in [0.05, 0.1) is 19.8 Å². The smallest absolute Gasteiger partial charge is 0.257 e. The van der Waals surface area contributed by atoms with Crippen LogP contribution in [0.2, 0.25) is 0 Å². The first-order chi connectivity index (χ1) is 11.2. The van der Waals surface area contributed by atoms with Gasteiger partial charge in [-0.1, -0.05) is 24.3 Å². The molecule has 2 aromatic carbocycles. The lowest BCUT2D eigenvalue weighted by Crippen LogP contribution is -2.28. The second-order valence-corrected chi connectivity index (χ2v) is 5.71. The molecule has 1 atom stereocenters. The number of para-hydroxylation sites is 1. The van der Waals surface area contributed by atoms with E-state index in [9.17, 15) is 4.79 Å². The Hall–Kier alpha value is -2.49. The number of carbonyl (C=O) groups excluding carboxylic acids is 1. The molecule has 1 saturated heterocycles. The van der Waals surface area contributed by atoms with E-state index < -0.39 is 0 Å². The van der Waals surface area contributed by atoms with Gasteiger partial charge in [-0.2, -0.15) is 0 Å². The number of methoxy groups -OCH3 is 2. The van der Waals surface area contributed by atoms with Crippen molar-refractivity contribution in [3.05, 3.63) is 59.7 Å². The molecule has 0 bridgehead atoms. The number of amides is 1. The number of hydrogen-bond acceptors (Lipinski definition) is 3. The first-order valence-corrected chi connectivity index (χ1v) is 7.79. The van der Waals surface area contributed by atoms with Crippen LogP contribution >= 0.6 is 0 Å². The molecular formula is C19H21NO3. The maximum atomic E-state index is 12.7. The molecule has 23 heavy (non-hydrogen) atoms. The molecule has 1 heterocycles. The molecule has 1 aliphatic rings. The molecule has 0 aromatic heterocycles. The largest absolute Gasteiger partial charge is 0.497 e. The third-order valence-corrected chi connectivity index (χ3v) is 4.40. The summed E-state index contributed by atoms with van der Waals surface area (Å²) in [5.41, 5.74) is 1.88. The predicted octanol–water partition coefficient (Wildman–Crippen LogP) is 3.33. The first kappa shape index (κ1) is 15.4. The highest BCUT2D eigenvalue weighted by atomic mass is 16.5. The Kier molecular flexibility index (Phi) is 4.51. The fraction of sp³-hybridized carbons (Fsp3) is 0.316. The van der Waals surface area contributed by atoms with Crippen molar-refractivity contribution in [2.45, 2.75) is 12.3 Å². The Morgan fingerprint density at radius 3 is 2.48 bits per heavy atom. The summed E-state index contributed by atoms with van der Waals surface area (Å²) < 4.78 is 10.5. The predicted molar refractivity (Wildman–Crippen MR) is 89.2 cm³/mol. The quantitative estimate of drug-likeness (QED) is 0.869. The van der Waals surface area contributed by atoms with Gasteiger partial charge in [-0.25, -0.2) is 0 Å². The molecule has 0 spiro atoms. The maximum Gasteiger partial charge on any atom is 0.257 e. The standard InChI is InChI=1S/C19H21NO3/c1-22-16-9-7-14(8-10-16)15-11-12-20(13-15)19(21)17-5-3-4-6-18(17)23-2/h3-10,15H,11-13H2,1-2H3/t15-/m0/s1. The van der Waals surface area contributed by atoms with Gasteiger partial charge in [0.15, 0.2) is 0 Å². The summed E-state index contributed by atoms with van der Waals surface area (Å²) in [6.07, 6.45) is 0.979. The fourth-order valence-corrected chi connectivity index (χ4v) is 3.08. The molecule has 1 aliphatic heterocycles. The molecule has 4 nitrogen and oxygen atoms in total. The van der Waals surface area contributed by atoms with Gasteiger partial charge in [0.2, 0.25) is 0 Å². The summed E-state index contributed by atoms with van der Waals surface area (Å²) in [7, 11) is 3.26. The molecule has 0 unspecified atom stereocenters. The molecule has 0 radical (unpaired) electrons. The van der Waals surface area contributed by atoms with Gasteiger partial charge < -0.3 is 14.4 Å². The van der Waals surface area contributed by atoms with Gasteiger partial charge >= 0.3 is 0 Å². The van der Waals surface area contributed by atoms with Crippen molar-refractivity contribution < 1.29 is 14.3 Å². The summed E-state index contributed by atoms with van der Waals surface area (Å²) in [5, 5.41) is 0. The van der Waals surface area contributed by atoms with E-state index in [1.165, 1.54) is 5.56 Å². The number of nitrogens with zero attached hydrogens (tertiary/aromatic N) is 1. The zero-order valence-corrected chi connectivity index (χ0v) is 13.5. The van der Waals surface area contributed by atoms with Gasteiger partial charge in [0.25, 0.3) is 5.91 Å². The van der Waals surface area contributed by atoms with Gasteiger partial charge in [0.1, 0.15) is 11.5 Å². The molecule has 2 aromatic rings. The monoisotopic (exact) mass is 311 g/mol. The number of benzene rings is 2. The minimum Gasteiger partial charge on any atom is -0.497 e. The van der Waals surface area contributed by atoms with Crippen LogP contribution in [0.5, 0.6) is 11.5 Å². The summed E-state index contributed by atoms with van der Waals surface area (Å²) in [4.78, 5) is 14.6. The highest BCUT2D eigenvalue weighted by Crippen LogP contribution is 2.30. The average Bonchev–Trinajstić information content (AvgIpc) is 3.11. The van der Waals surface area contributed by atoms with Crippen LogP contribution < -0.4 is 9.47 Å². The van der Waals surface area contributed by atoms with E-state index >= 15 is 0 Å². The first-order valence-electron chi connectivity index (χ1n) is 7.79. The lowest BCUT2D eigenvalue weighted by atomic mass is 9.98. The molecule has 4 heteroatoms. The van der Waals surface area contributed by atoms with Gasteiger partial charge in [0, 0.05) is 19.0 Å². The molecule has 0 aliphatic carbocycles. The highest BCUT2D eigenvalue weighted by molar-refractivity contribution is 5.97. The Morgan fingerprint density at radius 2 is 1.78 bits per heavy atom. The fourth-order valence-electron chi connectivity index (χ4n) is 3.08. The lowest BCUT2D eigenvalue weighted by Gasteiger charge is -2.18. The third-order valence-electron chi connectivity index (χ3n) is 4.40. The van der Waals surface area contributed by atoms with E-state index in [1.54, 1.807) is 14.2 Å². The van der Waals surface area contributed by atoms with Crippen molar-refractivity contribution in [2.24, 2.45) is 0 Å². The van der Waals surface area contributed by atoms with Crippen LogP contribution in [0.1, 0.15) is 28.3 Å². The highest BCUT2D eigenvalue weighted by Gasteiger charge is 2.29. The van der Waals surface area contributed by atoms with Crippen molar-refractivity contribution in [3.8, 4) is 11.5 Å². The minimum atomic E-state index is 0.0402. The average molecular weight is 311 g/mol. The minimum absolute atomic E-state index is 0.0402. The third kappa shape index (κ3) is 3.16. The van der Waals surface area contributed by atoms with Crippen LogP contribution in [0.25, 0.3) is 0 Å². The number of ether oxygens (including phenoxy) is 2. The van der Waals surface area contributed by atoms with E-state index in [-0.39, 0.29) is 5.91 Å². The second kappa shape index (κ2) is 6.73. The maximum absolute atomic E-state index is 12.7. The Balaban J connectivity index is 1.72. The van der Waals surface area contributed by atoms with Gasteiger partial charge in [-0.05, 0) is 36.2 Å². The molecule has 1 amide bonds. The van der Waals surface area contributed by atoms with Crippen LogP contribution in [0.3, 0.4) is 0 Å². The number of likely N-dealkylation sites (tertiary alicyclic amines) is 1. The Labute approximate surface area is 136 Å². The molecule has 0 saturated carbocycles. The van der Waals surface area contributed by atoms with E-state index in [4.69, 9.17) is 9.47 Å². The normalized spacial score (nSPS) is 17.1. The van der Waals surface area contributed by atoms with Crippen LogP contribution in [0, 0.1) is 0 Å². The van der Waals surface area contributed by atoms with Crippen molar-refractivity contribution in [1.29, 1.82) is 0 Å². The van der Waals surface area contributed by atoms with E-state index in [2.05, 4.69) is 12.1 Å². The van der Waals surface area contributed by atoms with Gasteiger partial charge in [-0.15, -0.1) is 0 Å². The summed E-state index contributed by atoms with van der Waals surface area (Å²) in [5.74, 6) is 1.90. The van der Waals surface area contributed by atoms with E-state index in [0.29, 0.717) is 17.2 Å². The molecular weight excluding hydrogens is 290 g/mol. The summed E-state index contributed by atoms with van der Waals surface area (Å²) >= 11 is 0. The van der Waals surface area contributed by atoms with Crippen molar-refractivity contribution in [1.82, 2.24) is 4.90 Å². The molecule has 120 valence electrons.